The molecular weight excluding hydrogens is 450 g/mol. The van der Waals surface area contributed by atoms with Crippen LogP contribution in [0.5, 0.6) is 0 Å². The fourth-order valence-corrected chi connectivity index (χ4v) is 6.05. The Labute approximate surface area is 193 Å². The Morgan fingerprint density at radius 3 is 2.84 bits per heavy atom. The first-order valence-corrected chi connectivity index (χ1v) is 12.2. The molecule has 0 aliphatic carbocycles. The number of carbonyl (C=O) groups excluding carboxylic acids is 1. The van der Waals surface area contributed by atoms with Gasteiger partial charge in [-0.05, 0) is 37.2 Å². The quantitative estimate of drug-likeness (QED) is 0.434. The fraction of sp³-hybridized carbons (Fsp3) is 0.318. The van der Waals surface area contributed by atoms with Crippen molar-refractivity contribution in [3.8, 4) is 0 Å². The largest absolute Gasteiger partial charge is 0.298 e. The predicted molar refractivity (Wildman–Crippen MR) is 128 cm³/mol. The van der Waals surface area contributed by atoms with Crippen molar-refractivity contribution in [1.29, 1.82) is 0 Å². The second-order valence-electron chi connectivity index (χ2n) is 7.66. The number of hydrogen-bond donors (Lipinski definition) is 1. The van der Waals surface area contributed by atoms with Crippen LogP contribution < -0.4 is 5.32 Å². The van der Waals surface area contributed by atoms with Gasteiger partial charge < -0.3 is 0 Å². The molecule has 5 rings (SSSR count). The fourth-order valence-electron chi connectivity index (χ4n) is 3.82. The lowest BCUT2D eigenvalue weighted by Gasteiger charge is -2.23. The number of nitrogens with one attached hydrogen (secondary N) is 1. The van der Waals surface area contributed by atoms with Crippen LogP contribution in [0.2, 0.25) is 5.02 Å². The number of carbonyl (C=O) groups is 1. The number of benzene rings is 1. The number of rotatable bonds is 5. The van der Waals surface area contributed by atoms with Crippen molar-refractivity contribution < 1.29 is 4.79 Å². The first kappa shape index (κ1) is 20.6. The Morgan fingerprint density at radius 1 is 1.26 bits per heavy atom. The maximum Gasteiger partial charge on any atom is 0.267 e. The van der Waals surface area contributed by atoms with Gasteiger partial charge in [-0.15, -0.1) is 22.7 Å². The van der Waals surface area contributed by atoms with Gasteiger partial charge in [0.1, 0.15) is 4.83 Å². The molecule has 4 heterocycles. The molecule has 6 nitrogen and oxygen atoms in total. The zero-order valence-electron chi connectivity index (χ0n) is 17.3. The van der Waals surface area contributed by atoms with E-state index in [0.29, 0.717) is 21.6 Å². The van der Waals surface area contributed by atoms with Crippen LogP contribution in [0, 0.1) is 6.92 Å². The highest BCUT2D eigenvalue weighted by Crippen LogP contribution is 2.32. The van der Waals surface area contributed by atoms with Crippen molar-refractivity contribution in [2.24, 2.45) is 0 Å². The van der Waals surface area contributed by atoms with Crippen LogP contribution in [-0.4, -0.2) is 38.7 Å². The molecule has 0 atom stereocenters. The molecule has 0 saturated heterocycles. The monoisotopic (exact) mass is 471 g/mol. The molecule has 0 unspecified atom stereocenters. The number of nitrogens with zero attached hydrogens (tertiary/aromatic N) is 4. The van der Waals surface area contributed by atoms with Gasteiger partial charge in [-0.1, -0.05) is 30.7 Å². The zero-order chi connectivity index (χ0) is 21.5. The number of aromatic nitrogens is 3. The number of thiophene rings is 1. The Hall–Kier alpha value is -2.26. The molecule has 1 aliphatic heterocycles. The minimum absolute atomic E-state index is 0.114. The summed E-state index contributed by atoms with van der Waals surface area (Å²) in [5.41, 5.74) is 3.15. The van der Waals surface area contributed by atoms with E-state index in [0.717, 1.165) is 53.2 Å². The molecule has 0 saturated carbocycles. The molecule has 0 radical (unpaired) electrons. The average Bonchev–Trinajstić information content (AvgIpc) is 3.44. The summed E-state index contributed by atoms with van der Waals surface area (Å²) in [6.45, 7) is 7.77. The number of fused-ring (bicyclic) bond motifs is 2. The highest BCUT2D eigenvalue weighted by atomic mass is 35.5. The lowest BCUT2D eigenvalue weighted by Crippen LogP contribution is -2.29. The summed E-state index contributed by atoms with van der Waals surface area (Å²) in [5, 5.41) is 10.1. The van der Waals surface area contributed by atoms with Gasteiger partial charge >= 0.3 is 0 Å². The summed E-state index contributed by atoms with van der Waals surface area (Å²) in [4.78, 5) is 22.9. The number of amides is 1. The molecule has 31 heavy (non-hydrogen) atoms. The molecule has 3 aromatic heterocycles. The normalized spacial score (nSPS) is 14.2. The van der Waals surface area contributed by atoms with Crippen LogP contribution in [0.25, 0.3) is 10.2 Å². The number of likely N-dealkylation sites (N-methyl/N-ethyl adjacent to an activating group) is 1. The van der Waals surface area contributed by atoms with Crippen LogP contribution in [0.1, 0.15) is 38.4 Å². The molecule has 1 N–H and O–H groups in total. The van der Waals surface area contributed by atoms with Crippen LogP contribution in [-0.2, 0) is 19.5 Å². The Morgan fingerprint density at radius 2 is 2.06 bits per heavy atom. The van der Waals surface area contributed by atoms with E-state index in [1.807, 2.05) is 41.9 Å². The number of thiazole rings is 1. The summed E-state index contributed by atoms with van der Waals surface area (Å²) < 4.78 is 1.96. The van der Waals surface area contributed by atoms with Crippen LogP contribution in [0.4, 0.5) is 5.13 Å². The van der Waals surface area contributed by atoms with Crippen LogP contribution in [0.3, 0.4) is 0 Å². The minimum atomic E-state index is -0.114. The number of hydrogen-bond acceptors (Lipinski definition) is 6. The molecule has 1 amide bonds. The summed E-state index contributed by atoms with van der Waals surface area (Å²) in [6, 6.07) is 9.69. The SMILES string of the molecule is CCN1CCc2nc(NC(=O)c3cc4c(C)nn(Cc5ccc(Cl)cc5)c4s3)sc2C1. The van der Waals surface area contributed by atoms with Crippen molar-refractivity contribution in [2.75, 3.05) is 18.4 Å². The molecular formula is C22H22ClN5OS2. The molecule has 4 aromatic rings. The van der Waals surface area contributed by atoms with Crippen molar-refractivity contribution in [3.05, 3.63) is 62.1 Å². The van der Waals surface area contributed by atoms with Gasteiger partial charge in [0.05, 0.1) is 22.8 Å². The maximum absolute atomic E-state index is 12.9. The lowest BCUT2D eigenvalue weighted by molar-refractivity contribution is 0.103. The number of anilines is 1. The van der Waals surface area contributed by atoms with Crippen molar-refractivity contribution in [2.45, 2.75) is 33.4 Å². The molecule has 0 bridgehead atoms. The molecule has 1 aliphatic rings. The summed E-state index contributed by atoms with van der Waals surface area (Å²) in [7, 11) is 0. The molecule has 160 valence electrons. The van der Waals surface area contributed by atoms with Crippen LogP contribution >= 0.6 is 34.3 Å². The highest BCUT2D eigenvalue weighted by molar-refractivity contribution is 7.20. The first-order valence-electron chi connectivity index (χ1n) is 10.2. The Balaban J connectivity index is 1.36. The Bertz CT molecular complexity index is 1260. The van der Waals surface area contributed by atoms with Gasteiger partial charge in [-0.3, -0.25) is 19.7 Å². The van der Waals surface area contributed by atoms with E-state index in [9.17, 15) is 4.79 Å². The topological polar surface area (TPSA) is 63.1 Å². The van der Waals surface area contributed by atoms with E-state index >= 15 is 0 Å². The van der Waals surface area contributed by atoms with E-state index in [-0.39, 0.29) is 5.91 Å². The average molecular weight is 472 g/mol. The van der Waals surface area contributed by atoms with E-state index < -0.39 is 0 Å². The van der Waals surface area contributed by atoms with E-state index in [2.05, 4.69) is 27.2 Å². The maximum atomic E-state index is 12.9. The van der Waals surface area contributed by atoms with Gasteiger partial charge in [0.15, 0.2) is 5.13 Å². The summed E-state index contributed by atoms with van der Waals surface area (Å²) in [5.74, 6) is -0.114. The Kier molecular flexibility index (Phi) is 5.56. The highest BCUT2D eigenvalue weighted by Gasteiger charge is 2.22. The molecule has 9 heteroatoms. The van der Waals surface area contributed by atoms with Gasteiger partial charge in [0, 0.05) is 34.8 Å². The third kappa shape index (κ3) is 4.13. The number of aryl methyl sites for hydroxylation is 1. The van der Waals surface area contributed by atoms with E-state index in [1.165, 1.54) is 16.2 Å². The third-order valence-electron chi connectivity index (χ3n) is 5.55. The first-order chi connectivity index (χ1) is 15.0. The lowest BCUT2D eigenvalue weighted by atomic mass is 10.2. The minimum Gasteiger partial charge on any atom is -0.298 e. The van der Waals surface area contributed by atoms with Gasteiger partial charge in [-0.2, -0.15) is 5.10 Å². The summed E-state index contributed by atoms with van der Waals surface area (Å²) >= 11 is 9.05. The van der Waals surface area contributed by atoms with E-state index in [1.54, 1.807) is 11.3 Å². The third-order valence-corrected chi connectivity index (χ3v) is 7.95. The van der Waals surface area contributed by atoms with Crippen molar-refractivity contribution >= 4 is 55.5 Å². The zero-order valence-corrected chi connectivity index (χ0v) is 19.7. The van der Waals surface area contributed by atoms with Crippen LogP contribution in [0.15, 0.2) is 30.3 Å². The summed E-state index contributed by atoms with van der Waals surface area (Å²) in [6.07, 6.45) is 0.943. The standard InChI is InChI=1S/C22H22ClN5OS2/c1-3-27-9-8-17-19(12-27)31-22(24-17)25-20(29)18-10-16-13(2)26-28(21(16)30-18)11-14-4-6-15(23)7-5-14/h4-7,10H,3,8-9,11-12H2,1-2H3,(H,24,25,29). The van der Waals surface area contributed by atoms with Crippen molar-refractivity contribution in [1.82, 2.24) is 19.7 Å². The van der Waals surface area contributed by atoms with Gasteiger partial charge in [0.25, 0.3) is 5.91 Å². The smallest absolute Gasteiger partial charge is 0.267 e. The van der Waals surface area contributed by atoms with Gasteiger partial charge in [-0.25, -0.2) is 4.98 Å². The van der Waals surface area contributed by atoms with E-state index in [4.69, 9.17) is 11.6 Å². The second-order valence-corrected chi connectivity index (χ2v) is 10.2. The molecule has 1 aromatic carbocycles. The molecule has 0 fully saturated rings. The predicted octanol–water partition coefficient (Wildman–Crippen LogP) is 5.19. The number of halogens is 1. The van der Waals surface area contributed by atoms with Crippen molar-refractivity contribution in [3.63, 3.8) is 0 Å². The second kappa shape index (κ2) is 8.35. The molecule has 0 spiro atoms. The van der Waals surface area contributed by atoms with Gasteiger partial charge in [0.2, 0.25) is 0 Å².